The van der Waals surface area contributed by atoms with Gasteiger partial charge in [0.05, 0.1) is 10.0 Å². The molecule has 0 aliphatic rings. The summed E-state index contributed by atoms with van der Waals surface area (Å²) in [7, 11) is -4.83. The third-order valence-corrected chi connectivity index (χ3v) is 2.81. The van der Waals surface area contributed by atoms with Gasteiger partial charge >= 0.3 is 10.2 Å². The van der Waals surface area contributed by atoms with Crippen LogP contribution in [0.1, 0.15) is 0 Å². The summed E-state index contributed by atoms with van der Waals surface area (Å²) in [5.41, 5.74) is 0. The molecule has 0 saturated carbocycles. The second-order valence-corrected chi connectivity index (χ2v) is 3.97. The maximum atomic E-state index is 12.4. The summed E-state index contributed by atoms with van der Waals surface area (Å²) in [5, 5.41) is -0.454. The largest absolute Gasteiger partial charge is 0.335 e. The Morgan fingerprint density at radius 3 is 2.33 bits per heavy atom. The molecule has 12 heavy (non-hydrogen) atoms. The molecule has 0 atom stereocenters. The lowest BCUT2D eigenvalue weighted by Crippen LogP contribution is -1.94. The Morgan fingerprint density at radius 1 is 1.33 bits per heavy atom. The van der Waals surface area contributed by atoms with Crippen LogP contribution in [0, 0.1) is 0 Å². The fourth-order valence-electron chi connectivity index (χ4n) is 0.571. The minimum Gasteiger partial charge on any atom is -0.262 e. The Hall–Kier alpha value is -0.390. The highest BCUT2D eigenvalue weighted by Gasteiger charge is 2.18. The van der Waals surface area contributed by atoms with Crippen LogP contribution in [0.25, 0.3) is 0 Å². The van der Waals surface area contributed by atoms with Gasteiger partial charge < -0.3 is 0 Å². The lowest BCUT2D eigenvalue weighted by Gasteiger charge is -1.98. The van der Waals surface area contributed by atoms with Crippen LogP contribution in [-0.2, 0) is 10.2 Å². The molecular formula is C5H2Cl2FNO2S. The van der Waals surface area contributed by atoms with E-state index in [1.807, 2.05) is 0 Å². The average molecular weight is 230 g/mol. The lowest BCUT2D eigenvalue weighted by molar-refractivity contribution is 0.551. The molecule has 0 bridgehead atoms. The van der Waals surface area contributed by atoms with Crippen molar-refractivity contribution in [3.8, 4) is 0 Å². The van der Waals surface area contributed by atoms with Gasteiger partial charge in [0.2, 0.25) is 0 Å². The number of rotatable bonds is 1. The van der Waals surface area contributed by atoms with Crippen molar-refractivity contribution in [3.05, 3.63) is 22.4 Å². The van der Waals surface area contributed by atoms with Gasteiger partial charge in [0.25, 0.3) is 0 Å². The van der Waals surface area contributed by atoms with Gasteiger partial charge in [-0.25, -0.2) is 0 Å². The van der Waals surface area contributed by atoms with Crippen molar-refractivity contribution in [2.75, 3.05) is 0 Å². The Kier molecular flexibility index (Phi) is 2.55. The molecule has 1 aromatic heterocycles. The minimum atomic E-state index is -4.83. The van der Waals surface area contributed by atoms with E-state index in [1.165, 1.54) is 0 Å². The average Bonchev–Trinajstić information content (AvgIpc) is 1.92. The second kappa shape index (κ2) is 3.16. The molecule has 0 spiro atoms. The molecule has 1 rings (SSSR count). The van der Waals surface area contributed by atoms with E-state index in [2.05, 4.69) is 4.98 Å². The molecule has 0 saturated heterocycles. The molecule has 66 valence electrons. The van der Waals surface area contributed by atoms with Crippen molar-refractivity contribution >= 4 is 33.4 Å². The SMILES string of the molecule is O=S(=O)(F)c1cncc(Cl)c1Cl. The topological polar surface area (TPSA) is 47.0 Å². The molecule has 0 N–H and O–H groups in total. The first-order chi connectivity index (χ1) is 5.43. The maximum absolute atomic E-state index is 12.4. The summed E-state index contributed by atoms with van der Waals surface area (Å²) in [4.78, 5) is 2.66. The zero-order chi connectivity index (χ0) is 9.35. The summed E-state index contributed by atoms with van der Waals surface area (Å²) >= 11 is 10.8. The van der Waals surface area contributed by atoms with E-state index in [0.29, 0.717) is 0 Å². The van der Waals surface area contributed by atoms with Crippen LogP contribution in [0.4, 0.5) is 3.89 Å². The van der Waals surface area contributed by atoms with Gasteiger partial charge in [-0.05, 0) is 0 Å². The fourth-order valence-corrected chi connectivity index (χ4v) is 1.67. The smallest absolute Gasteiger partial charge is 0.262 e. The standard InChI is InChI=1S/C5H2Cl2FNO2S/c6-3-1-9-2-4(5(3)7)12(8,10)11/h1-2H. The maximum Gasteiger partial charge on any atom is 0.335 e. The summed E-state index contributed by atoms with van der Waals surface area (Å²) < 4.78 is 33.1. The molecule has 0 unspecified atom stereocenters. The second-order valence-electron chi connectivity index (χ2n) is 1.87. The molecule has 0 radical (unpaired) electrons. The van der Waals surface area contributed by atoms with E-state index in [4.69, 9.17) is 23.2 Å². The highest BCUT2D eigenvalue weighted by Crippen LogP contribution is 2.28. The summed E-state index contributed by atoms with van der Waals surface area (Å²) in [6, 6.07) is 0. The predicted molar refractivity (Wildman–Crippen MR) is 42.6 cm³/mol. The van der Waals surface area contributed by atoms with Gasteiger partial charge in [0.1, 0.15) is 4.90 Å². The van der Waals surface area contributed by atoms with Crippen LogP contribution < -0.4 is 0 Å². The lowest BCUT2D eigenvalue weighted by atomic mass is 10.5. The van der Waals surface area contributed by atoms with Crippen LogP contribution in [0.2, 0.25) is 10.0 Å². The molecule has 0 aromatic carbocycles. The summed E-state index contributed by atoms with van der Waals surface area (Å²) in [5.74, 6) is 0. The first-order valence-electron chi connectivity index (χ1n) is 2.66. The quantitative estimate of drug-likeness (QED) is 0.693. The fraction of sp³-hybridized carbons (Fsp3) is 0. The number of nitrogens with zero attached hydrogens (tertiary/aromatic N) is 1. The molecule has 0 amide bonds. The Morgan fingerprint density at radius 2 is 1.92 bits per heavy atom. The monoisotopic (exact) mass is 229 g/mol. The molecule has 3 nitrogen and oxygen atoms in total. The summed E-state index contributed by atoms with van der Waals surface area (Å²) in [6.07, 6.45) is 1.92. The van der Waals surface area contributed by atoms with E-state index < -0.39 is 15.1 Å². The highest BCUT2D eigenvalue weighted by molar-refractivity contribution is 7.86. The number of hydrogen-bond donors (Lipinski definition) is 0. The van der Waals surface area contributed by atoms with E-state index in [9.17, 15) is 12.3 Å². The van der Waals surface area contributed by atoms with Gasteiger partial charge in [-0.15, -0.1) is 3.89 Å². The van der Waals surface area contributed by atoms with Gasteiger partial charge in [-0.3, -0.25) is 4.98 Å². The van der Waals surface area contributed by atoms with Crippen LogP contribution in [0.5, 0.6) is 0 Å². The minimum absolute atomic E-state index is 0.101. The number of pyridine rings is 1. The van der Waals surface area contributed by atoms with Crippen molar-refractivity contribution in [2.24, 2.45) is 0 Å². The molecular weight excluding hydrogens is 228 g/mol. The van der Waals surface area contributed by atoms with Crippen LogP contribution >= 0.6 is 23.2 Å². The number of halogens is 3. The molecule has 7 heteroatoms. The van der Waals surface area contributed by atoms with Crippen molar-refractivity contribution in [3.63, 3.8) is 0 Å². The highest BCUT2D eigenvalue weighted by atomic mass is 35.5. The molecule has 1 aromatic rings. The molecule has 0 aliphatic carbocycles. The van der Waals surface area contributed by atoms with Gasteiger partial charge in [0, 0.05) is 12.4 Å². The Balaban J connectivity index is 3.47. The first-order valence-corrected chi connectivity index (χ1v) is 4.80. The van der Waals surface area contributed by atoms with E-state index in [0.717, 1.165) is 12.4 Å². The van der Waals surface area contributed by atoms with E-state index in [-0.39, 0.29) is 10.0 Å². The van der Waals surface area contributed by atoms with Gasteiger partial charge in [-0.2, -0.15) is 8.42 Å². The predicted octanol–water partition coefficient (Wildman–Crippen LogP) is 2.05. The third-order valence-electron chi connectivity index (χ3n) is 1.07. The van der Waals surface area contributed by atoms with Crippen LogP contribution in [0.3, 0.4) is 0 Å². The zero-order valence-electron chi connectivity index (χ0n) is 5.46. The van der Waals surface area contributed by atoms with E-state index in [1.54, 1.807) is 0 Å². The summed E-state index contributed by atoms with van der Waals surface area (Å²) in [6.45, 7) is 0. The molecule has 1 heterocycles. The number of aromatic nitrogens is 1. The van der Waals surface area contributed by atoms with Crippen LogP contribution in [-0.4, -0.2) is 13.4 Å². The van der Waals surface area contributed by atoms with E-state index >= 15 is 0 Å². The van der Waals surface area contributed by atoms with Gasteiger partial charge in [0.15, 0.2) is 0 Å². The Bertz CT molecular complexity index is 406. The zero-order valence-corrected chi connectivity index (χ0v) is 7.79. The van der Waals surface area contributed by atoms with Crippen molar-refractivity contribution in [1.82, 2.24) is 4.98 Å². The van der Waals surface area contributed by atoms with Crippen molar-refractivity contribution < 1.29 is 12.3 Å². The third kappa shape index (κ3) is 1.85. The first kappa shape index (κ1) is 9.70. The molecule has 0 aliphatic heterocycles. The van der Waals surface area contributed by atoms with Crippen molar-refractivity contribution in [2.45, 2.75) is 4.90 Å². The Labute approximate surface area is 78.3 Å². The molecule has 0 fully saturated rings. The normalized spacial score (nSPS) is 11.6. The van der Waals surface area contributed by atoms with Crippen molar-refractivity contribution in [1.29, 1.82) is 0 Å². The number of hydrogen-bond acceptors (Lipinski definition) is 3. The van der Waals surface area contributed by atoms with Gasteiger partial charge in [-0.1, -0.05) is 23.2 Å². The van der Waals surface area contributed by atoms with Crippen LogP contribution in [0.15, 0.2) is 17.3 Å².